The minimum atomic E-state index is -0.745. The molecule has 0 saturated carbocycles. The van der Waals surface area contributed by atoms with E-state index in [1.165, 1.54) is 14.2 Å². The van der Waals surface area contributed by atoms with E-state index in [1.54, 1.807) is 34.3 Å². The van der Waals surface area contributed by atoms with Crippen LogP contribution in [0.15, 0.2) is 58.0 Å². The molecule has 320 valence electrons. The molecule has 3 aromatic heterocycles. The number of alkyl carbamates (subject to hydrolysis) is 2. The maximum Gasteiger partial charge on any atom is 0.407 e. The molecule has 17 heteroatoms. The number of amides is 4. The number of rotatable bonds is 10. The number of likely N-dealkylation sites (tertiary alicyclic amines) is 2. The molecule has 61 heavy (non-hydrogen) atoms. The van der Waals surface area contributed by atoms with Crippen LogP contribution in [0, 0.1) is 11.8 Å². The van der Waals surface area contributed by atoms with Gasteiger partial charge in [-0.15, -0.1) is 0 Å². The monoisotopic (exact) mass is 834 g/mol. The fraction of sp³-hybridized carbons (Fsp3) is 0.432. The molecule has 17 nitrogen and oxygen atoms in total. The van der Waals surface area contributed by atoms with Gasteiger partial charge in [-0.2, -0.15) is 0 Å². The van der Waals surface area contributed by atoms with Crippen LogP contribution in [0.25, 0.3) is 44.8 Å². The zero-order valence-corrected chi connectivity index (χ0v) is 35.0. The fourth-order valence-electron chi connectivity index (χ4n) is 8.60. The van der Waals surface area contributed by atoms with Gasteiger partial charge in [-0.25, -0.2) is 19.6 Å². The normalized spacial score (nSPS) is 18.1. The fourth-order valence-corrected chi connectivity index (χ4v) is 8.60. The number of carbonyl (C=O) groups excluding carboxylic acids is 4. The Bertz CT molecular complexity index is 2560. The van der Waals surface area contributed by atoms with Gasteiger partial charge in [0.2, 0.25) is 23.0 Å². The number of H-pyrrole nitrogens is 2. The second-order valence-electron chi connectivity index (χ2n) is 16.4. The number of fused-ring (bicyclic) bond motifs is 4. The van der Waals surface area contributed by atoms with Crippen molar-refractivity contribution in [2.75, 3.05) is 27.3 Å². The SMILES string of the molecule is COC(=O)N[C@H](C(=O)N1CCC[C@H]1c1ncc(-c2ccc3c(c2)COc2c-3oc3ccc(-c4cnc([C@@H]5CCCN5C(=O)[C@@H](NC(=O)OC)C(C)C)[nH]4)cc3c2=O)[nH]1)C(C)C. The molecule has 3 aliphatic rings. The van der Waals surface area contributed by atoms with E-state index >= 15 is 0 Å². The summed E-state index contributed by atoms with van der Waals surface area (Å²) < 4.78 is 22.0. The Morgan fingerprint density at radius 1 is 0.770 bits per heavy atom. The van der Waals surface area contributed by atoms with Crippen molar-refractivity contribution >= 4 is 35.0 Å². The summed E-state index contributed by atoms with van der Waals surface area (Å²) in [6.07, 6.45) is 5.14. The van der Waals surface area contributed by atoms with Gasteiger partial charge in [0, 0.05) is 29.8 Å². The zero-order valence-electron chi connectivity index (χ0n) is 35.0. The Morgan fingerprint density at radius 3 is 1.82 bits per heavy atom. The summed E-state index contributed by atoms with van der Waals surface area (Å²) in [6, 6.07) is 9.11. The molecule has 0 radical (unpaired) electrons. The summed E-state index contributed by atoms with van der Waals surface area (Å²) in [5.41, 5.74) is 4.66. The highest BCUT2D eigenvalue weighted by Gasteiger charge is 2.39. The number of nitrogens with zero attached hydrogens (tertiary/aromatic N) is 4. The number of hydrogen-bond acceptors (Lipinski definition) is 11. The van der Waals surface area contributed by atoms with Crippen LogP contribution in [-0.2, 0) is 25.7 Å². The van der Waals surface area contributed by atoms with Gasteiger partial charge in [0.25, 0.3) is 0 Å². The molecule has 0 bridgehead atoms. The highest BCUT2D eigenvalue weighted by molar-refractivity contribution is 5.89. The van der Waals surface area contributed by atoms with Crippen LogP contribution >= 0.6 is 0 Å². The number of nitrogens with one attached hydrogen (secondary N) is 4. The maximum absolute atomic E-state index is 14.0. The first kappa shape index (κ1) is 41.1. The lowest BCUT2D eigenvalue weighted by molar-refractivity contribution is -0.136. The van der Waals surface area contributed by atoms with Gasteiger partial charge in [0.15, 0.2) is 5.76 Å². The first-order chi connectivity index (χ1) is 29.4. The number of hydrogen-bond donors (Lipinski definition) is 4. The Morgan fingerprint density at radius 2 is 1.30 bits per heavy atom. The van der Waals surface area contributed by atoms with Crippen molar-refractivity contribution in [1.82, 2.24) is 40.4 Å². The van der Waals surface area contributed by atoms with Gasteiger partial charge in [-0.3, -0.25) is 14.4 Å². The quantitative estimate of drug-likeness (QED) is 0.124. The molecule has 8 rings (SSSR count). The lowest BCUT2D eigenvalue weighted by Crippen LogP contribution is -2.51. The summed E-state index contributed by atoms with van der Waals surface area (Å²) in [7, 11) is 2.54. The van der Waals surface area contributed by atoms with Crippen molar-refractivity contribution in [2.45, 2.75) is 84.2 Å². The number of aromatic amines is 2. The van der Waals surface area contributed by atoms with E-state index in [0.717, 1.165) is 41.6 Å². The van der Waals surface area contributed by atoms with Gasteiger partial charge >= 0.3 is 12.2 Å². The van der Waals surface area contributed by atoms with Crippen LogP contribution in [0.5, 0.6) is 5.75 Å². The molecule has 6 heterocycles. The van der Waals surface area contributed by atoms with E-state index in [4.69, 9.17) is 18.6 Å². The van der Waals surface area contributed by atoms with Gasteiger partial charge in [-0.05, 0) is 67.3 Å². The third kappa shape index (κ3) is 7.79. The van der Waals surface area contributed by atoms with Crippen molar-refractivity contribution in [3.8, 4) is 39.6 Å². The molecule has 2 aromatic carbocycles. The van der Waals surface area contributed by atoms with Crippen molar-refractivity contribution in [3.05, 3.63) is 76.2 Å². The number of aromatic nitrogens is 4. The lowest BCUT2D eigenvalue weighted by Gasteiger charge is -2.30. The van der Waals surface area contributed by atoms with Crippen LogP contribution in [0.3, 0.4) is 0 Å². The summed E-state index contributed by atoms with van der Waals surface area (Å²) in [4.78, 5) is 84.9. The van der Waals surface area contributed by atoms with Crippen LogP contribution < -0.4 is 20.8 Å². The summed E-state index contributed by atoms with van der Waals surface area (Å²) in [5.74, 6) is 1.08. The third-order valence-electron chi connectivity index (χ3n) is 11.9. The standard InChI is InChI=1S/C44H50N8O9/c1-22(2)34(49-43(56)58-5)41(54)51-15-7-9-31(51)39-45-19-29(47-39)24-11-13-27-26(17-24)21-60-38-36(53)28-18-25(12-14-33(28)61-37(27)38)30-20-46-40(48-30)32-10-8-16-52(32)42(55)35(23(3)4)50-44(57)59-6/h11-14,17-20,22-23,31-32,34-35H,7-10,15-16,21H2,1-6H3,(H,45,47)(H,46,48)(H,49,56)(H,50,57)/t31-,32-,34-,35-/m0/s1. The second kappa shape index (κ2) is 16.8. The number of methoxy groups -OCH3 is 2. The molecule has 2 saturated heterocycles. The van der Waals surface area contributed by atoms with Crippen molar-refractivity contribution in [3.63, 3.8) is 0 Å². The zero-order chi connectivity index (χ0) is 43.1. The van der Waals surface area contributed by atoms with Crippen molar-refractivity contribution in [2.24, 2.45) is 11.8 Å². The minimum absolute atomic E-state index is 0.131. The predicted molar refractivity (Wildman–Crippen MR) is 223 cm³/mol. The Labute approximate surface area is 351 Å². The van der Waals surface area contributed by atoms with Crippen LogP contribution in [0.2, 0.25) is 0 Å². The molecule has 4 amide bonds. The molecule has 4 atom stereocenters. The highest BCUT2D eigenvalue weighted by Crippen LogP contribution is 2.40. The van der Waals surface area contributed by atoms with E-state index in [0.29, 0.717) is 59.1 Å². The highest BCUT2D eigenvalue weighted by atomic mass is 16.5. The summed E-state index contributed by atoms with van der Waals surface area (Å²) in [5, 5.41) is 5.70. The molecule has 3 aliphatic heterocycles. The van der Waals surface area contributed by atoms with Crippen LogP contribution in [0.1, 0.15) is 82.7 Å². The van der Waals surface area contributed by atoms with Gasteiger partial charge in [0.05, 0.1) is 55.5 Å². The average molecular weight is 835 g/mol. The summed E-state index contributed by atoms with van der Waals surface area (Å²) in [6.45, 7) is 8.73. The van der Waals surface area contributed by atoms with E-state index in [1.807, 2.05) is 52.0 Å². The topological polar surface area (TPSA) is 214 Å². The van der Waals surface area contributed by atoms with E-state index in [9.17, 15) is 24.0 Å². The Hall–Kier alpha value is -6.65. The molecular weight excluding hydrogens is 785 g/mol. The van der Waals surface area contributed by atoms with Crippen LogP contribution in [-0.4, -0.2) is 93.1 Å². The van der Waals surface area contributed by atoms with E-state index < -0.39 is 24.3 Å². The predicted octanol–water partition coefficient (Wildman–Crippen LogP) is 6.22. The number of carbonyl (C=O) groups is 4. The van der Waals surface area contributed by atoms with Crippen molar-refractivity contribution in [1.29, 1.82) is 0 Å². The molecule has 0 unspecified atom stereocenters. The Balaban J connectivity index is 1.01. The van der Waals surface area contributed by atoms with Gasteiger partial charge in [0.1, 0.15) is 35.9 Å². The Kier molecular flexibility index (Phi) is 11.3. The maximum atomic E-state index is 14.0. The second-order valence-corrected chi connectivity index (χ2v) is 16.4. The molecule has 0 spiro atoms. The number of ether oxygens (including phenoxy) is 3. The van der Waals surface area contributed by atoms with E-state index in [-0.39, 0.29) is 53.5 Å². The number of imidazole rings is 2. The smallest absolute Gasteiger partial charge is 0.407 e. The average Bonchev–Trinajstić information content (AvgIpc) is 4.11. The molecule has 0 aliphatic carbocycles. The first-order valence-electron chi connectivity index (χ1n) is 20.6. The molecule has 2 fully saturated rings. The molecule has 5 aromatic rings. The minimum Gasteiger partial charge on any atom is -0.481 e. The van der Waals surface area contributed by atoms with Gasteiger partial charge in [-0.1, -0.05) is 39.8 Å². The third-order valence-corrected chi connectivity index (χ3v) is 11.9. The number of benzene rings is 2. The summed E-state index contributed by atoms with van der Waals surface area (Å²) >= 11 is 0. The molecular formula is C44H50N8O9. The van der Waals surface area contributed by atoms with Gasteiger partial charge < -0.3 is 49.0 Å². The largest absolute Gasteiger partial charge is 0.481 e. The first-order valence-corrected chi connectivity index (χ1v) is 20.6. The van der Waals surface area contributed by atoms with Crippen molar-refractivity contribution < 1.29 is 37.8 Å². The lowest BCUT2D eigenvalue weighted by atomic mass is 9.98. The van der Waals surface area contributed by atoms with Crippen LogP contribution in [0.4, 0.5) is 9.59 Å². The van der Waals surface area contributed by atoms with E-state index in [2.05, 4.69) is 30.6 Å². The molecule has 4 N–H and O–H groups in total.